The van der Waals surface area contributed by atoms with Gasteiger partial charge < -0.3 is 4.74 Å². The van der Waals surface area contributed by atoms with Crippen molar-refractivity contribution in [1.82, 2.24) is 4.31 Å². The van der Waals surface area contributed by atoms with Gasteiger partial charge in [-0.3, -0.25) is 0 Å². The molecule has 0 bridgehead atoms. The van der Waals surface area contributed by atoms with E-state index in [4.69, 9.17) is 4.74 Å². The van der Waals surface area contributed by atoms with Crippen molar-refractivity contribution in [2.24, 2.45) is 0 Å². The molecule has 1 aliphatic heterocycles. The molecule has 20 heavy (non-hydrogen) atoms. The van der Waals surface area contributed by atoms with Crippen LogP contribution in [-0.2, 0) is 21.2 Å². The molecular weight excluding hydrogens is 274 g/mol. The van der Waals surface area contributed by atoms with E-state index in [9.17, 15) is 8.42 Å². The Labute approximate surface area is 121 Å². The van der Waals surface area contributed by atoms with Crippen LogP contribution in [0.15, 0.2) is 30.3 Å². The Morgan fingerprint density at radius 3 is 2.60 bits per heavy atom. The van der Waals surface area contributed by atoms with Crippen molar-refractivity contribution in [2.45, 2.75) is 38.8 Å². The molecular formula is C15H23NO3S. The van der Waals surface area contributed by atoms with Crippen LogP contribution in [0.5, 0.6) is 0 Å². The summed E-state index contributed by atoms with van der Waals surface area (Å²) in [4.78, 5) is 0. The Hall–Kier alpha value is -0.910. The van der Waals surface area contributed by atoms with Crippen LogP contribution in [0.1, 0.15) is 26.3 Å². The standard InChI is InChI=1S/C15H23NO3S/c1-13-11-16(15(2,3)12-19-13)20(17,18)10-9-14-7-5-4-6-8-14/h4-8,13H,9-12H2,1-3H3. The lowest BCUT2D eigenvalue weighted by molar-refractivity contribution is -0.0550. The third kappa shape index (κ3) is 3.59. The summed E-state index contributed by atoms with van der Waals surface area (Å²) < 4.78 is 32.4. The highest BCUT2D eigenvalue weighted by molar-refractivity contribution is 7.89. The number of sulfonamides is 1. The number of hydrogen-bond acceptors (Lipinski definition) is 3. The number of morpholine rings is 1. The van der Waals surface area contributed by atoms with Gasteiger partial charge in [0.2, 0.25) is 10.0 Å². The molecule has 0 radical (unpaired) electrons. The van der Waals surface area contributed by atoms with Crippen LogP contribution in [0.25, 0.3) is 0 Å². The van der Waals surface area contributed by atoms with Crippen molar-refractivity contribution < 1.29 is 13.2 Å². The predicted molar refractivity (Wildman–Crippen MR) is 80.1 cm³/mol. The molecule has 0 N–H and O–H groups in total. The molecule has 1 aromatic rings. The van der Waals surface area contributed by atoms with E-state index < -0.39 is 15.6 Å². The Kier molecular flexibility index (Phi) is 4.52. The summed E-state index contributed by atoms with van der Waals surface area (Å²) in [7, 11) is -3.27. The summed E-state index contributed by atoms with van der Waals surface area (Å²) in [5.41, 5.74) is 0.581. The zero-order valence-corrected chi connectivity index (χ0v) is 13.2. The second-order valence-electron chi connectivity index (χ2n) is 6.02. The topological polar surface area (TPSA) is 46.6 Å². The lowest BCUT2D eigenvalue weighted by atomic mass is 10.1. The summed E-state index contributed by atoms with van der Waals surface area (Å²) in [6.45, 7) is 6.62. The molecule has 1 fully saturated rings. The Bertz CT molecular complexity index is 539. The van der Waals surface area contributed by atoms with Crippen molar-refractivity contribution in [1.29, 1.82) is 0 Å². The normalized spacial score (nSPS) is 23.6. The largest absolute Gasteiger partial charge is 0.375 e. The summed E-state index contributed by atoms with van der Waals surface area (Å²) in [5.74, 6) is 0.146. The van der Waals surface area contributed by atoms with Crippen molar-refractivity contribution >= 4 is 10.0 Å². The molecule has 1 atom stereocenters. The molecule has 0 aromatic heterocycles. The summed E-state index contributed by atoms with van der Waals surface area (Å²) in [5, 5.41) is 0. The Morgan fingerprint density at radius 2 is 1.95 bits per heavy atom. The van der Waals surface area contributed by atoms with Gasteiger partial charge in [0.25, 0.3) is 0 Å². The van der Waals surface area contributed by atoms with E-state index in [0.29, 0.717) is 19.6 Å². The van der Waals surface area contributed by atoms with Crippen LogP contribution in [0.2, 0.25) is 0 Å². The first kappa shape index (κ1) is 15.5. The van der Waals surface area contributed by atoms with Gasteiger partial charge in [0.15, 0.2) is 0 Å². The molecule has 0 spiro atoms. The molecule has 4 nitrogen and oxygen atoms in total. The first-order valence-electron chi connectivity index (χ1n) is 6.97. The lowest BCUT2D eigenvalue weighted by Crippen LogP contribution is -2.58. The zero-order chi connectivity index (χ0) is 14.8. The Morgan fingerprint density at radius 1 is 1.30 bits per heavy atom. The van der Waals surface area contributed by atoms with Crippen LogP contribution in [0, 0.1) is 0 Å². The molecule has 1 aliphatic rings. The third-order valence-corrected chi connectivity index (χ3v) is 5.68. The van der Waals surface area contributed by atoms with E-state index in [-0.39, 0.29) is 11.9 Å². The van der Waals surface area contributed by atoms with Gasteiger partial charge in [0.1, 0.15) is 0 Å². The van der Waals surface area contributed by atoms with Gasteiger partial charge in [-0.2, -0.15) is 4.31 Å². The molecule has 1 heterocycles. The molecule has 1 saturated heterocycles. The summed E-state index contributed by atoms with van der Waals surface area (Å²) in [6, 6.07) is 9.72. The smallest absolute Gasteiger partial charge is 0.215 e. The van der Waals surface area contributed by atoms with Crippen LogP contribution in [0.3, 0.4) is 0 Å². The van der Waals surface area contributed by atoms with E-state index in [1.807, 2.05) is 51.1 Å². The minimum atomic E-state index is -3.27. The van der Waals surface area contributed by atoms with Crippen LogP contribution in [-0.4, -0.2) is 43.3 Å². The average molecular weight is 297 g/mol. The number of hydrogen-bond donors (Lipinski definition) is 0. The fourth-order valence-electron chi connectivity index (χ4n) is 2.44. The van der Waals surface area contributed by atoms with E-state index in [1.54, 1.807) is 4.31 Å². The van der Waals surface area contributed by atoms with Gasteiger partial charge in [-0.15, -0.1) is 0 Å². The first-order valence-corrected chi connectivity index (χ1v) is 8.58. The fraction of sp³-hybridized carbons (Fsp3) is 0.600. The maximum Gasteiger partial charge on any atom is 0.215 e. The number of nitrogens with zero attached hydrogens (tertiary/aromatic N) is 1. The van der Waals surface area contributed by atoms with Crippen molar-refractivity contribution in [3.63, 3.8) is 0 Å². The second kappa shape index (κ2) is 5.84. The number of ether oxygens (including phenoxy) is 1. The predicted octanol–water partition coefficient (Wildman–Crippen LogP) is 2.06. The minimum absolute atomic E-state index is 0.0467. The van der Waals surface area contributed by atoms with Gasteiger partial charge in [0, 0.05) is 6.54 Å². The third-order valence-electron chi connectivity index (χ3n) is 3.65. The van der Waals surface area contributed by atoms with Gasteiger partial charge in [-0.05, 0) is 32.8 Å². The Balaban J connectivity index is 2.09. The lowest BCUT2D eigenvalue weighted by Gasteiger charge is -2.43. The highest BCUT2D eigenvalue weighted by atomic mass is 32.2. The summed E-state index contributed by atoms with van der Waals surface area (Å²) in [6.07, 6.45) is 0.500. The quantitative estimate of drug-likeness (QED) is 0.854. The molecule has 2 rings (SSSR count). The van der Waals surface area contributed by atoms with Gasteiger partial charge in [-0.25, -0.2) is 8.42 Å². The van der Waals surface area contributed by atoms with Crippen molar-refractivity contribution in [3.05, 3.63) is 35.9 Å². The van der Waals surface area contributed by atoms with Crippen LogP contribution in [0.4, 0.5) is 0 Å². The van der Waals surface area contributed by atoms with Crippen LogP contribution >= 0.6 is 0 Å². The number of aryl methyl sites for hydroxylation is 1. The first-order chi connectivity index (χ1) is 9.31. The molecule has 1 aromatic carbocycles. The zero-order valence-electron chi connectivity index (χ0n) is 12.4. The van der Waals surface area contributed by atoms with Crippen LogP contribution < -0.4 is 0 Å². The maximum absolute atomic E-state index is 12.6. The maximum atomic E-state index is 12.6. The van der Waals surface area contributed by atoms with Gasteiger partial charge in [0.05, 0.1) is 24.0 Å². The highest BCUT2D eigenvalue weighted by Crippen LogP contribution is 2.25. The minimum Gasteiger partial charge on any atom is -0.375 e. The SMILES string of the molecule is CC1CN(S(=O)(=O)CCc2ccccc2)C(C)(C)CO1. The monoisotopic (exact) mass is 297 g/mol. The van der Waals surface area contributed by atoms with Gasteiger partial charge in [-0.1, -0.05) is 30.3 Å². The molecule has 0 saturated carbocycles. The number of benzene rings is 1. The average Bonchev–Trinajstić information content (AvgIpc) is 2.40. The fourth-order valence-corrected chi connectivity index (χ4v) is 4.40. The van der Waals surface area contributed by atoms with E-state index >= 15 is 0 Å². The van der Waals surface area contributed by atoms with Crippen molar-refractivity contribution in [2.75, 3.05) is 18.9 Å². The molecule has 0 aliphatic carbocycles. The van der Waals surface area contributed by atoms with Crippen molar-refractivity contribution in [3.8, 4) is 0 Å². The van der Waals surface area contributed by atoms with E-state index in [2.05, 4.69) is 0 Å². The molecule has 0 amide bonds. The van der Waals surface area contributed by atoms with Gasteiger partial charge >= 0.3 is 0 Å². The molecule has 112 valence electrons. The summed E-state index contributed by atoms with van der Waals surface area (Å²) >= 11 is 0. The molecule has 1 unspecified atom stereocenters. The molecule has 5 heteroatoms. The van der Waals surface area contributed by atoms with E-state index in [0.717, 1.165) is 5.56 Å². The second-order valence-corrected chi connectivity index (χ2v) is 8.03. The van der Waals surface area contributed by atoms with E-state index in [1.165, 1.54) is 0 Å². The number of rotatable bonds is 4. The highest BCUT2D eigenvalue weighted by Gasteiger charge is 2.40.